The largest absolute Gasteiger partial charge is 0.314 e. The molecular formula is C26H36ClN2OY+. The molecule has 1 atom stereocenters. The number of hydrogen-bond acceptors (Lipinski definition) is 1. The summed E-state index contributed by atoms with van der Waals surface area (Å²) in [5.41, 5.74) is 4.60. The molecule has 1 unspecified atom stereocenters. The van der Waals surface area contributed by atoms with E-state index in [0.717, 1.165) is 45.8 Å². The molecule has 165 valence electrons. The van der Waals surface area contributed by atoms with Crippen molar-refractivity contribution in [3.63, 3.8) is 0 Å². The van der Waals surface area contributed by atoms with Crippen LogP contribution in [0.2, 0.25) is 5.02 Å². The van der Waals surface area contributed by atoms with Gasteiger partial charge in [0.25, 0.3) is 5.91 Å². The third-order valence-electron chi connectivity index (χ3n) is 6.84. The zero-order chi connectivity index (χ0) is 21.7. The average Bonchev–Trinajstić information content (AvgIpc) is 3.10. The first-order valence-corrected chi connectivity index (χ1v) is 11.7. The minimum absolute atomic E-state index is 0. The van der Waals surface area contributed by atoms with Gasteiger partial charge in [-0.25, -0.2) is 0 Å². The number of carbonyl (C=O) groups is 1. The minimum Gasteiger partial charge on any atom is -0.314 e. The number of halogens is 1. The summed E-state index contributed by atoms with van der Waals surface area (Å²) in [6, 6.07) is 14.3. The van der Waals surface area contributed by atoms with Crippen molar-refractivity contribution >= 4 is 23.2 Å². The molecule has 2 aromatic rings. The van der Waals surface area contributed by atoms with Crippen molar-refractivity contribution in [3.05, 3.63) is 64.2 Å². The number of amides is 1. The van der Waals surface area contributed by atoms with Gasteiger partial charge in [-0.2, -0.15) is 0 Å². The Bertz CT molecular complexity index is 842. The first-order valence-electron chi connectivity index (χ1n) is 11.3. The van der Waals surface area contributed by atoms with Crippen molar-refractivity contribution in [1.29, 1.82) is 0 Å². The molecule has 2 aromatic carbocycles. The normalized spacial score (nSPS) is 20.0. The molecule has 4 rings (SSSR count). The maximum Gasteiger partial charge on any atom is 0.285 e. The second-order valence-electron chi connectivity index (χ2n) is 8.88. The zero-order valence-corrected chi connectivity index (χ0v) is 23.1. The summed E-state index contributed by atoms with van der Waals surface area (Å²) in [6.07, 6.45) is 4.82. The van der Waals surface area contributed by atoms with Crippen molar-refractivity contribution < 1.29 is 42.0 Å². The van der Waals surface area contributed by atoms with E-state index < -0.39 is 0 Å². The molecule has 2 heterocycles. The second-order valence-corrected chi connectivity index (χ2v) is 9.32. The molecular weight excluding hydrogens is 481 g/mol. The molecule has 0 N–H and O–H groups in total. The summed E-state index contributed by atoms with van der Waals surface area (Å²) in [7, 11) is 0. The van der Waals surface area contributed by atoms with Gasteiger partial charge >= 0.3 is 0 Å². The van der Waals surface area contributed by atoms with E-state index in [1.54, 1.807) is 0 Å². The fraction of sp³-hybridized carbons (Fsp3) is 0.500. The summed E-state index contributed by atoms with van der Waals surface area (Å²) >= 11 is 6.15. The first-order chi connectivity index (χ1) is 14.4. The topological polar surface area (TPSA) is 20.3 Å². The number of piperidine rings is 1. The van der Waals surface area contributed by atoms with Gasteiger partial charge < -0.3 is 9.38 Å². The van der Waals surface area contributed by atoms with E-state index in [1.807, 2.05) is 35.2 Å². The summed E-state index contributed by atoms with van der Waals surface area (Å²) in [5, 5.41) is 0.750. The fourth-order valence-corrected chi connectivity index (χ4v) is 5.58. The van der Waals surface area contributed by atoms with E-state index in [9.17, 15) is 4.79 Å². The Morgan fingerprint density at radius 1 is 1.00 bits per heavy atom. The van der Waals surface area contributed by atoms with Crippen LogP contribution in [0, 0.1) is 20.8 Å². The van der Waals surface area contributed by atoms with Gasteiger partial charge in [0.15, 0.2) is 6.04 Å². The summed E-state index contributed by atoms with van der Waals surface area (Å²) in [4.78, 5) is 15.3. The Balaban J connectivity index is 0.000000364. The molecule has 3 nitrogen and oxygen atoms in total. The predicted molar refractivity (Wildman–Crippen MR) is 127 cm³/mol. The average molecular weight is 517 g/mol. The molecule has 2 aliphatic heterocycles. The number of quaternary nitrogens is 1. The van der Waals surface area contributed by atoms with Crippen molar-refractivity contribution in [2.75, 3.05) is 31.1 Å². The number of likely N-dealkylation sites (tertiary alicyclic amines) is 1. The molecule has 1 radical (unpaired) electrons. The van der Waals surface area contributed by atoms with Crippen molar-refractivity contribution in [1.82, 2.24) is 0 Å². The maximum atomic E-state index is 13.2. The van der Waals surface area contributed by atoms with Crippen LogP contribution < -0.4 is 4.90 Å². The van der Waals surface area contributed by atoms with E-state index in [0.29, 0.717) is 5.91 Å². The van der Waals surface area contributed by atoms with Gasteiger partial charge in [-0.3, -0.25) is 4.79 Å². The molecule has 1 amide bonds. The molecule has 0 aromatic heterocycles. The molecule has 31 heavy (non-hydrogen) atoms. The first kappa shape index (κ1) is 26.5. The fourth-order valence-electron chi connectivity index (χ4n) is 5.25. The molecule has 0 bridgehead atoms. The van der Waals surface area contributed by atoms with Crippen LogP contribution in [-0.4, -0.2) is 42.6 Å². The number of nitrogens with zero attached hydrogens (tertiary/aromatic N) is 2. The molecule has 2 saturated heterocycles. The summed E-state index contributed by atoms with van der Waals surface area (Å²) in [6.45, 7) is 12.7. The Morgan fingerprint density at radius 3 is 2.06 bits per heavy atom. The number of benzene rings is 2. The van der Waals surface area contributed by atoms with Crippen molar-refractivity contribution in [3.8, 4) is 0 Å². The van der Waals surface area contributed by atoms with Gasteiger partial charge in [0.1, 0.15) is 0 Å². The van der Waals surface area contributed by atoms with Crippen molar-refractivity contribution in [2.45, 2.75) is 59.4 Å². The standard InChI is InChI=1S/C19H28ClN2O.C7H8.Y/c1-4-22(10-6-5-7-11-22)17-8-9-21(19(17)23)18-14(2)12-16(20)13-15(18)3;1-7-5-3-2-4-6-7;/h12-13,17H,4-11H2,1-3H3;2-6H,1H3;/q+1;;. The van der Waals surface area contributed by atoms with Crippen LogP contribution in [-0.2, 0) is 37.5 Å². The van der Waals surface area contributed by atoms with Crippen LogP contribution in [0.1, 0.15) is 49.3 Å². The van der Waals surface area contributed by atoms with Gasteiger partial charge in [-0.05, 0) is 70.2 Å². The third-order valence-corrected chi connectivity index (χ3v) is 7.06. The predicted octanol–water partition coefficient (Wildman–Crippen LogP) is 6.08. The number of hydrogen-bond donors (Lipinski definition) is 0. The monoisotopic (exact) mass is 516 g/mol. The van der Waals surface area contributed by atoms with Crippen LogP contribution in [0.15, 0.2) is 42.5 Å². The Labute approximate surface area is 218 Å². The minimum atomic E-state index is 0. The molecule has 5 heteroatoms. The van der Waals surface area contributed by atoms with Crippen LogP contribution >= 0.6 is 11.6 Å². The van der Waals surface area contributed by atoms with Gasteiger partial charge in [0.2, 0.25) is 0 Å². The second kappa shape index (κ2) is 11.9. The van der Waals surface area contributed by atoms with Gasteiger partial charge in [0.05, 0.1) is 19.6 Å². The van der Waals surface area contributed by atoms with Crippen LogP contribution in [0.3, 0.4) is 0 Å². The third kappa shape index (κ3) is 6.19. The smallest absolute Gasteiger partial charge is 0.285 e. The van der Waals surface area contributed by atoms with E-state index in [2.05, 4.69) is 39.8 Å². The number of rotatable bonds is 3. The Hall–Kier alpha value is -0.736. The van der Waals surface area contributed by atoms with E-state index in [-0.39, 0.29) is 38.8 Å². The quantitative estimate of drug-likeness (QED) is 0.453. The summed E-state index contributed by atoms with van der Waals surface area (Å²) in [5.74, 6) is 0.322. The van der Waals surface area contributed by atoms with Crippen LogP contribution in [0.25, 0.3) is 0 Å². The molecule has 2 fully saturated rings. The van der Waals surface area contributed by atoms with Gasteiger partial charge in [-0.15, -0.1) is 0 Å². The maximum absolute atomic E-state index is 13.2. The molecule has 0 saturated carbocycles. The van der Waals surface area contributed by atoms with Crippen LogP contribution in [0.4, 0.5) is 5.69 Å². The van der Waals surface area contributed by atoms with Gasteiger partial charge in [-0.1, -0.05) is 47.5 Å². The molecule has 2 aliphatic rings. The zero-order valence-electron chi connectivity index (χ0n) is 19.5. The Morgan fingerprint density at radius 2 is 1.58 bits per heavy atom. The molecule has 0 aliphatic carbocycles. The molecule has 0 spiro atoms. The number of anilines is 1. The number of likely N-dealkylation sites (N-methyl/N-ethyl adjacent to an activating group) is 1. The number of carbonyl (C=O) groups excluding carboxylic acids is 1. The van der Waals surface area contributed by atoms with Crippen LogP contribution in [0.5, 0.6) is 0 Å². The van der Waals surface area contributed by atoms with Crippen molar-refractivity contribution in [2.24, 2.45) is 0 Å². The number of aryl methyl sites for hydroxylation is 3. The Kier molecular flexibility index (Phi) is 10.2. The van der Waals surface area contributed by atoms with E-state index >= 15 is 0 Å². The SMILES string of the molecule is CC[N+]1(C2CCN(c3c(C)cc(Cl)cc3C)C2=O)CCCCC1.Cc1ccccc1.[Y]. The summed E-state index contributed by atoms with van der Waals surface area (Å²) < 4.78 is 1.00. The van der Waals surface area contributed by atoms with E-state index in [4.69, 9.17) is 11.6 Å². The van der Waals surface area contributed by atoms with Gasteiger partial charge in [0, 0.05) is 56.4 Å². The van der Waals surface area contributed by atoms with E-state index in [1.165, 1.54) is 37.9 Å².